The van der Waals surface area contributed by atoms with Crippen LogP contribution in [0.2, 0.25) is 0 Å². The Morgan fingerprint density at radius 1 is 0.885 bits per heavy atom. The van der Waals surface area contributed by atoms with E-state index >= 15 is 0 Å². The van der Waals surface area contributed by atoms with Crippen LogP contribution in [0.3, 0.4) is 0 Å². The zero-order valence-corrected chi connectivity index (χ0v) is 13.3. The molecule has 8 heteroatoms. The van der Waals surface area contributed by atoms with Crippen molar-refractivity contribution in [2.24, 2.45) is 0 Å². The average molecular weight is 348 g/mol. The van der Waals surface area contributed by atoms with Crippen LogP contribution in [-0.4, -0.2) is 15.2 Å². The van der Waals surface area contributed by atoms with Gasteiger partial charge in [0.1, 0.15) is 11.5 Å². The largest absolute Gasteiger partial charge is 0.457 e. The molecule has 0 radical (unpaired) electrons. The third-order valence-corrected chi connectivity index (χ3v) is 3.70. The quantitative estimate of drug-likeness (QED) is 0.413. The number of nitrogens with one attached hydrogen (secondary N) is 1. The Bertz CT molecular complexity index is 1060. The number of nitro benzene ring substituents is 1. The van der Waals surface area contributed by atoms with Gasteiger partial charge in [0.2, 0.25) is 5.52 Å². The smallest absolute Gasteiger partial charge is 0.300 e. The molecule has 1 aromatic heterocycles. The van der Waals surface area contributed by atoms with Crippen LogP contribution in [0, 0.1) is 10.1 Å². The number of aromatic nitrogens is 2. The van der Waals surface area contributed by atoms with Gasteiger partial charge in [-0.05, 0) is 52.8 Å². The monoisotopic (exact) mass is 348 g/mol. The number of rotatable bonds is 5. The second kappa shape index (κ2) is 6.52. The number of anilines is 2. The van der Waals surface area contributed by atoms with Crippen LogP contribution >= 0.6 is 0 Å². The first-order valence-corrected chi connectivity index (χ1v) is 7.70. The molecule has 0 aliphatic heterocycles. The van der Waals surface area contributed by atoms with Gasteiger partial charge in [0.15, 0.2) is 5.52 Å². The Labute approximate surface area is 147 Å². The molecule has 0 unspecified atom stereocenters. The van der Waals surface area contributed by atoms with Crippen molar-refractivity contribution in [2.75, 3.05) is 5.32 Å². The molecule has 0 aliphatic rings. The first-order valence-electron chi connectivity index (χ1n) is 7.70. The third-order valence-electron chi connectivity index (χ3n) is 3.70. The molecule has 0 atom stereocenters. The molecular weight excluding hydrogens is 336 g/mol. The summed E-state index contributed by atoms with van der Waals surface area (Å²) in [6, 6.07) is 19.7. The van der Waals surface area contributed by atoms with E-state index in [0.29, 0.717) is 17.0 Å². The first-order chi connectivity index (χ1) is 12.7. The van der Waals surface area contributed by atoms with Crippen molar-refractivity contribution >= 4 is 28.1 Å². The molecular formula is C18H12N4O4. The standard InChI is InChI=1S/C18H12N4O4/c23-22(24)16-11-10-15(17-18(16)21-26-20-17)19-12-6-8-14(9-7-12)25-13-4-2-1-3-5-13/h1-11,19H. The van der Waals surface area contributed by atoms with E-state index < -0.39 is 4.92 Å². The molecule has 1 heterocycles. The van der Waals surface area contributed by atoms with Gasteiger partial charge in [0.05, 0.1) is 10.6 Å². The minimum Gasteiger partial charge on any atom is -0.457 e. The Kier molecular flexibility index (Phi) is 3.91. The number of ether oxygens (including phenoxy) is 1. The maximum atomic E-state index is 11.0. The summed E-state index contributed by atoms with van der Waals surface area (Å²) in [4.78, 5) is 10.5. The maximum Gasteiger partial charge on any atom is 0.300 e. The van der Waals surface area contributed by atoms with E-state index in [0.717, 1.165) is 11.4 Å². The molecule has 8 nitrogen and oxygen atoms in total. The highest BCUT2D eigenvalue weighted by Gasteiger charge is 2.19. The lowest BCUT2D eigenvalue weighted by Gasteiger charge is -2.09. The Balaban J connectivity index is 1.56. The van der Waals surface area contributed by atoms with E-state index in [9.17, 15) is 10.1 Å². The number of nitro groups is 1. The lowest BCUT2D eigenvalue weighted by Crippen LogP contribution is -1.95. The summed E-state index contributed by atoms with van der Waals surface area (Å²) in [6.07, 6.45) is 0. The summed E-state index contributed by atoms with van der Waals surface area (Å²) in [5.74, 6) is 1.44. The number of fused-ring (bicyclic) bond motifs is 1. The molecule has 128 valence electrons. The average Bonchev–Trinajstić information content (AvgIpc) is 3.14. The number of benzene rings is 3. The zero-order chi connectivity index (χ0) is 17.9. The predicted octanol–water partition coefficient (Wildman–Crippen LogP) is 4.67. The molecule has 26 heavy (non-hydrogen) atoms. The Morgan fingerprint density at radius 3 is 2.31 bits per heavy atom. The topological polar surface area (TPSA) is 103 Å². The van der Waals surface area contributed by atoms with Gasteiger partial charge >= 0.3 is 5.69 Å². The second-order valence-electron chi connectivity index (χ2n) is 5.42. The van der Waals surface area contributed by atoms with Crippen LogP contribution in [0.4, 0.5) is 17.1 Å². The first kappa shape index (κ1) is 15.6. The van der Waals surface area contributed by atoms with Crippen molar-refractivity contribution in [3.63, 3.8) is 0 Å². The Morgan fingerprint density at radius 2 is 1.58 bits per heavy atom. The number of hydrogen-bond donors (Lipinski definition) is 1. The summed E-state index contributed by atoms with van der Waals surface area (Å²) in [7, 11) is 0. The molecule has 0 spiro atoms. The van der Waals surface area contributed by atoms with Crippen LogP contribution in [0.25, 0.3) is 11.0 Å². The lowest BCUT2D eigenvalue weighted by molar-refractivity contribution is -0.383. The highest BCUT2D eigenvalue weighted by atomic mass is 16.6. The summed E-state index contributed by atoms with van der Waals surface area (Å²) < 4.78 is 10.4. The molecule has 0 bridgehead atoms. The molecule has 4 aromatic rings. The molecule has 0 aliphatic carbocycles. The van der Waals surface area contributed by atoms with E-state index in [2.05, 4.69) is 20.3 Å². The van der Waals surface area contributed by atoms with Crippen molar-refractivity contribution in [3.05, 3.63) is 76.8 Å². The predicted molar refractivity (Wildman–Crippen MR) is 94.7 cm³/mol. The van der Waals surface area contributed by atoms with Crippen LogP contribution in [0.5, 0.6) is 11.5 Å². The van der Waals surface area contributed by atoms with Gasteiger partial charge in [-0.15, -0.1) is 0 Å². The van der Waals surface area contributed by atoms with Gasteiger partial charge < -0.3 is 10.1 Å². The highest BCUT2D eigenvalue weighted by Crippen LogP contribution is 2.31. The van der Waals surface area contributed by atoms with Crippen LogP contribution in [-0.2, 0) is 0 Å². The number of para-hydroxylation sites is 1. The van der Waals surface area contributed by atoms with Crippen LogP contribution in [0.1, 0.15) is 0 Å². The maximum absolute atomic E-state index is 11.0. The molecule has 3 aromatic carbocycles. The number of non-ortho nitro benzene ring substituents is 1. The molecule has 1 N–H and O–H groups in total. The third kappa shape index (κ3) is 3.03. The minimum absolute atomic E-state index is 0.101. The van der Waals surface area contributed by atoms with E-state index in [-0.39, 0.29) is 11.2 Å². The van der Waals surface area contributed by atoms with Crippen LogP contribution < -0.4 is 10.1 Å². The fourth-order valence-electron chi connectivity index (χ4n) is 2.49. The van der Waals surface area contributed by atoms with Crippen molar-refractivity contribution in [2.45, 2.75) is 0 Å². The molecule has 0 fully saturated rings. The summed E-state index contributed by atoms with van der Waals surface area (Å²) in [5, 5.41) is 21.6. The minimum atomic E-state index is -0.522. The summed E-state index contributed by atoms with van der Waals surface area (Å²) in [5.41, 5.74) is 1.57. The van der Waals surface area contributed by atoms with Gasteiger partial charge in [-0.2, -0.15) is 0 Å². The van der Waals surface area contributed by atoms with Crippen LogP contribution in [0.15, 0.2) is 71.4 Å². The molecule has 0 amide bonds. The summed E-state index contributed by atoms with van der Waals surface area (Å²) in [6.45, 7) is 0. The zero-order valence-electron chi connectivity index (χ0n) is 13.3. The summed E-state index contributed by atoms with van der Waals surface area (Å²) >= 11 is 0. The van der Waals surface area contributed by atoms with Gasteiger partial charge in [-0.25, -0.2) is 4.63 Å². The highest BCUT2D eigenvalue weighted by molar-refractivity contribution is 5.94. The van der Waals surface area contributed by atoms with E-state index in [1.54, 1.807) is 6.07 Å². The number of nitrogens with zero attached hydrogens (tertiary/aromatic N) is 3. The fraction of sp³-hybridized carbons (Fsp3) is 0. The van der Waals surface area contributed by atoms with E-state index in [1.165, 1.54) is 6.07 Å². The lowest BCUT2D eigenvalue weighted by atomic mass is 10.2. The van der Waals surface area contributed by atoms with Gasteiger partial charge in [0.25, 0.3) is 0 Å². The van der Waals surface area contributed by atoms with Crippen molar-refractivity contribution in [1.82, 2.24) is 10.3 Å². The van der Waals surface area contributed by atoms with Gasteiger partial charge in [0, 0.05) is 11.8 Å². The number of hydrogen-bond acceptors (Lipinski definition) is 7. The SMILES string of the molecule is O=[N+]([O-])c1ccc(Nc2ccc(Oc3ccccc3)cc2)c2nonc12. The fourth-order valence-corrected chi connectivity index (χ4v) is 2.49. The molecule has 0 saturated heterocycles. The Hall–Kier alpha value is -3.94. The second-order valence-corrected chi connectivity index (χ2v) is 5.42. The molecule has 0 saturated carbocycles. The normalized spacial score (nSPS) is 10.6. The van der Waals surface area contributed by atoms with E-state index in [1.807, 2.05) is 54.6 Å². The van der Waals surface area contributed by atoms with Gasteiger partial charge in [-0.3, -0.25) is 10.1 Å². The van der Waals surface area contributed by atoms with E-state index in [4.69, 9.17) is 4.74 Å². The van der Waals surface area contributed by atoms with Gasteiger partial charge in [-0.1, -0.05) is 18.2 Å². The van der Waals surface area contributed by atoms with Crippen molar-refractivity contribution in [1.29, 1.82) is 0 Å². The van der Waals surface area contributed by atoms with Crippen molar-refractivity contribution < 1.29 is 14.3 Å². The molecule has 4 rings (SSSR count). The van der Waals surface area contributed by atoms with Crippen molar-refractivity contribution in [3.8, 4) is 11.5 Å².